The summed E-state index contributed by atoms with van der Waals surface area (Å²) >= 11 is 0. The molecule has 2 rings (SSSR count). The van der Waals surface area contributed by atoms with Crippen molar-refractivity contribution in [1.29, 1.82) is 0 Å². The molecule has 0 aliphatic carbocycles. The zero-order valence-electron chi connectivity index (χ0n) is 11.8. The smallest absolute Gasteiger partial charge is 0.387 e. The quantitative estimate of drug-likeness (QED) is 0.887. The normalized spacial score (nSPS) is 11.6. The lowest BCUT2D eigenvalue weighted by molar-refractivity contribution is -0.0504. The molecule has 0 aromatic heterocycles. The predicted octanol–water partition coefficient (Wildman–Crippen LogP) is 3.07. The van der Waals surface area contributed by atoms with Crippen LogP contribution in [-0.4, -0.2) is 15.0 Å². The van der Waals surface area contributed by atoms with Gasteiger partial charge < -0.3 is 4.74 Å². The second kappa shape index (κ2) is 6.85. The lowest BCUT2D eigenvalue weighted by Gasteiger charge is -2.12. The van der Waals surface area contributed by atoms with Gasteiger partial charge in [-0.3, -0.25) is 0 Å². The zero-order valence-corrected chi connectivity index (χ0v) is 12.6. The number of benzene rings is 2. The van der Waals surface area contributed by atoms with Gasteiger partial charge in [0.1, 0.15) is 5.75 Å². The molecule has 2 aromatic carbocycles. The maximum absolute atomic E-state index is 12.3. The lowest BCUT2D eigenvalue weighted by atomic mass is 10.2. The van der Waals surface area contributed by atoms with E-state index in [4.69, 9.17) is 0 Å². The average Bonchev–Trinajstić information content (AvgIpc) is 2.46. The van der Waals surface area contributed by atoms with Gasteiger partial charge in [-0.1, -0.05) is 30.3 Å². The molecule has 0 aliphatic rings. The van der Waals surface area contributed by atoms with E-state index in [-0.39, 0.29) is 17.2 Å². The Hall–Kier alpha value is -1.99. The van der Waals surface area contributed by atoms with Gasteiger partial charge >= 0.3 is 6.61 Å². The fourth-order valence-corrected chi connectivity index (χ4v) is 3.01. The Labute approximate surface area is 127 Å². The van der Waals surface area contributed by atoms with Gasteiger partial charge in [0.05, 0.1) is 4.90 Å². The van der Waals surface area contributed by atoms with Crippen LogP contribution >= 0.6 is 0 Å². The molecular weight excluding hydrogens is 312 g/mol. The van der Waals surface area contributed by atoms with Crippen LogP contribution in [-0.2, 0) is 16.6 Å². The molecule has 0 spiro atoms. The Balaban J connectivity index is 2.16. The summed E-state index contributed by atoms with van der Waals surface area (Å²) in [5, 5.41) is 0. The molecule has 0 bridgehead atoms. The fraction of sp³-hybridized carbons (Fsp3) is 0.200. The molecule has 0 radical (unpaired) electrons. The maximum Gasteiger partial charge on any atom is 0.387 e. The van der Waals surface area contributed by atoms with Crippen LogP contribution in [0.2, 0.25) is 0 Å². The van der Waals surface area contributed by atoms with E-state index in [0.717, 1.165) is 5.56 Å². The first-order valence-electron chi connectivity index (χ1n) is 6.47. The number of halogens is 2. The van der Waals surface area contributed by atoms with Gasteiger partial charge in [-0.25, -0.2) is 13.1 Å². The van der Waals surface area contributed by atoms with Gasteiger partial charge in [-0.15, -0.1) is 0 Å². The minimum Gasteiger partial charge on any atom is -0.434 e. The van der Waals surface area contributed by atoms with Crippen LogP contribution < -0.4 is 9.46 Å². The van der Waals surface area contributed by atoms with Crippen LogP contribution in [0.3, 0.4) is 0 Å². The molecule has 1 N–H and O–H groups in total. The lowest BCUT2D eigenvalue weighted by Crippen LogP contribution is -2.23. The van der Waals surface area contributed by atoms with E-state index in [9.17, 15) is 17.2 Å². The Bertz CT molecular complexity index is 748. The van der Waals surface area contributed by atoms with Crippen LogP contribution in [0.4, 0.5) is 8.78 Å². The second-order valence-electron chi connectivity index (χ2n) is 4.63. The van der Waals surface area contributed by atoms with E-state index >= 15 is 0 Å². The molecule has 118 valence electrons. The number of para-hydroxylation sites is 1. The molecule has 0 fully saturated rings. The molecule has 0 saturated heterocycles. The number of ether oxygens (including phenoxy) is 1. The molecule has 0 saturated carbocycles. The maximum atomic E-state index is 12.3. The van der Waals surface area contributed by atoms with Crippen molar-refractivity contribution in [3.63, 3.8) is 0 Å². The molecule has 0 atom stereocenters. The summed E-state index contributed by atoms with van der Waals surface area (Å²) in [6.07, 6.45) is 0. The van der Waals surface area contributed by atoms with Crippen LogP contribution in [0.1, 0.15) is 11.1 Å². The largest absolute Gasteiger partial charge is 0.434 e. The van der Waals surface area contributed by atoms with Crippen LogP contribution in [0.15, 0.2) is 53.4 Å². The highest BCUT2D eigenvalue weighted by Gasteiger charge is 2.15. The first-order chi connectivity index (χ1) is 10.4. The summed E-state index contributed by atoms with van der Waals surface area (Å²) < 4.78 is 55.8. The van der Waals surface area contributed by atoms with Gasteiger partial charge in [0, 0.05) is 12.1 Å². The van der Waals surface area contributed by atoms with Crippen molar-refractivity contribution >= 4 is 10.0 Å². The molecule has 22 heavy (non-hydrogen) atoms. The van der Waals surface area contributed by atoms with Gasteiger partial charge in [0.2, 0.25) is 10.0 Å². The van der Waals surface area contributed by atoms with E-state index in [0.29, 0.717) is 5.56 Å². The molecular formula is C15H15F2NO3S. The topological polar surface area (TPSA) is 55.4 Å². The first-order valence-corrected chi connectivity index (χ1v) is 7.96. The van der Waals surface area contributed by atoms with Crippen molar-refractivity contribution in [1.82, 2.24) is 4.72 Å². The number of sulfonamides is 1. The summed E-state index contributed by atoms with van der Waals surface area (Å²) in [5.74, 6) is -0.0514. The number of hydrogen-bond donors (Lipinski definition) is 1. The summed E-state index contributed by atoms with van der Waals surface area (Å²) in [6.45, 7) is -1.32. The Morgan fingerprint density at radius 3 is 2.55 bits per heavy atom. The van der Waals surface area contributed by atoms with Crippen molar-refractivity contribution in [2.45, 2.75) is 25.0 Å². The van der Waals surface area contributed by atoms with E-state index in [1.807, 2.05) is 0 Å². The average molecular weight is 327 g/mol. The fourth-order valence-electron chi connectivity index (χ4n) is 1.90. The molecule has 2 aromatic rings. The third-order valence-electron chi connectivity index (χ3n) is 2.94. The SMILES string of the molecule is Cc1cccc(S(=O)(=O)NCc2ccccc2OC(F)F)c1. The highest BCUT2D eigenvalue weighted by atomic mass is 32.2. The first kappa shape index (κ1) is 16.4. The molecule has 0 heterocycles. The second-order valence-corrected chi connectivity index (χ2v) is 6.39. The highest BCUT2D eigenvalue weighted by Crippen LogP contribution is 2.21. The third-order valence-corrected chi connectivity index (χ3v) is 4.34. The summed E-state index contributed by atoms with van der Waals surface area (Å²) in [4.78, 5) is 0.125. The van der Waals surface area contributed by atoms with E-state index in [1.165, 1.54) is 30.3 Å². The van der Waals surface area contributed by atoms with Crippen molar-refractivity contribution in [2.24, 2.45) is 0 Å². The minimum absolute atomic E-state index is 0.0514. The summed E-state index contributed by atoms with van der Waals surface area (Å²) in [6, 6.07) is 12.5. The summed E-state index contributed by atoms with van der Waals surface area (Å²) in [5.41, 5.74) is 1.14. The van der Waals surface area contributed by atoms with Gasteiger partial charge in [0.15, 0.2) is 0 Å². The van der Waals surface area contributed by atoms with E-state index in [2.05, 4.69) is 9.46 Å². The van der Waals surface area contributed by atoms with Crippen molar-refractivity contribution in [2.75, 3.05) is 0 Å². The molecule has 0 aliphatic heterocycles. The van der Waals surface area contributed by atoms with Crippen molar-refractivity contribution in [3.8, 4) is 5.75 Å². The van der Waals surface area contributed by atoms with Crippen molar-refractivity contribution < 1.29 is 21.9 Å². The van der Waals surface area contributed by atoms with Crippen LogP contribution in [0.5, 0.6) is 5.75 Å². The number of alkyl halides is 2. The number of rotatable bonds is 6. The monoisotopic (exact) mass is 327 g/mol. The Kier molecular flexibility index (Phi) is 5.10. The van der Waals surface area contributed by atoms with Crippen LogP contribution in [0, 0.1) is 6.92 Å². The predicted molar refractivity (Wildman–Crippen MR) is 78.3 cm³/mol. The third kappa shape index (κ3) is 4.25. The molecule has 7 heteroatoms. The van der Waals surface area contributed by atoms with Crippen LogP contribution in [0.25, 0.3) is 0 Å². The van der Waals surface area contributed by atoms with E-state index < -0.39 is 16.6 Å². The number of hydrogen-bond acceptors (Lipinski definition) is 3. The Morgan fingerprint density at radius 2 is 1.86 bits per heavy atom. The number of nitrogens with one attached hydrogen (secondary N) is 1. The minimum atomic E-state index is -3.72. The molecule has 0 unspecified atom stereocenters. The van der Waals surface area contributed by atoms with Gasteiger partial charge in [-0.2, -0.15) is 8.78 Å². The van der Waals surface area contributed by atoms with E-state index in [1.54, 1.807) is 25.1 Å². The molecule has 0 amide bonds. The number of aryl methyl sites for hydroxylation is 1. The Morgan fingerprint density at radius 1 is 1.14 bits per heavy atom. The van der Waals surface area contributed by atoms with Gasteiger partial charge in [0.25, 0.3) is 0 Å². The summed E-state index contributed by atoms with van der Waals surface area (Å²) in [7, 11) is -3.72. The van der Waals surface area contributed by atoms with Crippen molar-refractivity contribution in [3.05, 3.63) is 59.7 Å². The zero-order chi connectivity index (χ0) is 16.2. The molecule has 4 nitrogen and oxygen atoms in total. The van der Waals surface area contributed by atoms with Gasteiger partial charge in [-0.05, 0) is 30.7 Å². The highest BCUT2D eigenvalue weighted by molar-refractivity contribution is 7.89. The standard InChI is InChI=1S/C15H15F2NO3S/c1-11-5-4-7-13(9-11)22(19,20)18-10-12-6-2-3-8-14(12)21-15(16)17/h2-9,15,18H,10H2,1H3.